The van der Waals surface area contributed by atoms with Gasteiger partial charge >= 0.3 is 0 Å². The molecule has 1 N–H and O–H groups in total. The molecule has 7 heteroatoms. The number of methoxy groups -OCH3 is 1. The van der Waals surface area contributed by atoms with Gasteiger partial charge < -0.3 is 24.4 Å². The second-order valence-corrected chi connectivity index (χ2v) is 7.11. The Hall–Kier alpha value is -1.06. The van der Waals surface area contributed by atoms with Crippen LogP contribution in [0.25, 0.3) is 0 Å². The summed E-state index contributed by atoms with van der Waals surface area (Å²) in [6.07, 6.45) is 1.16. The van der Waals surface area contributed by atoms with Crippen LogP contribution in [0.3, 0.4) is 0 Å². The van der Waals surface area contributed by atoms with Gasteiger partial charge in [-0.3, -0.25) is 0 Å². The van der Waals surface area contributed by atoms with Crippen LogP contribution in [0.15, 0.2) is 29.3 Å². The number of likely N-dealkylation sites (tertiary alicyclic amines) is 1. The van der Waals surface area contributed by atoms with Crippen LogP contribution >= 0.6 is 24.0 Å². The highest BCUT2D eigenvalue weighted by Gasteiger charge is 2.25. The van der Waals surface area contributed by atoms with Crippen molar-refractivity contribution in [2.24, 2.45) is 10.9 Å². The predicted molar refractivity (Wildman–Crippen MR) is 125 cm³/mol. The van der Waals surface area contributed by atoms with Gasteiger partial charge in [-0.1, -0.05) is 12.1 Å². The van der Waals surface area contributed by atoms with E-state index in [0.29, 0.717) is 25.7 Å². The van der Waals surface area contributed by atoms with Crippen molar-refractivity contribution in [1.29, 1.82) is 0 Å². The molecule has 0 aliphatic carbocycles. The van der Waals surface area contributed by atoms with Crippen LogP contribution in [-0.2, 0) is 9.47 Å². The molecule has 0 aromatic heterocycles. The van der Waals surface area contributed by atoms with Gasteiger partial charge in [-0.2, -0.15) is 0 Å². The summed E-state index contributed by atoms with van der Waals surface area (Å²) in [6, 6.07) is 8.14. The maximum Gasteiger partial charge on any atom is 0.194 e. The van der Waals surface area contributed by atoms with Gasteiger partial charge in [-0.05, 0) is 44.9 Å². The number of nitrogens with one attached hydrogen (secondary N) is 1. The van der Waals surface area contributed by atoms with Crippen LogP contribution < -0.4 is 10.1 Å². The lowest BCUT2D eigenvalue weighted by Crippen LogP contribution is -2.41. The van der Waals surface area contributed by atoms with Crippen molar-refractivity contribution in [1.82, 2.24) is 10.2 Å². The van der Waals surface area contributed by atoms with Crippen LogP contribution in [0.2, 0.25) is 0 Å². The number of benzene rings is 1. The topological polar surface area (TPSA) is 55.3 Å². The molecule has 1 aromatic rings. The van der Waals surface area contributed by atoms with E-state index in [1.807, 2.05) is 12.1 Å². The number of rotatable bonds is 10. The third-order valence-electron chi connectivity index (χ3n) is 4.53. The molecular formula is C21H36IN3O3. The molecule has 1 aromatic carbocycles. The first-order valence-corrected chi connectivity index (χ1v) is 9.95. The first-order chi connectivity index (χ1) is 13.1. The molecule has 6 nitrogen and oxygen atoms in total. The first-order valence-electron chi connectivity index (χ1n) is 9.95. The number of nitrogens with zero attached hydrogens (tertiary/aromatic N) is 2. The molecule has 1 heterocycles. The Labute approximate surface area is 187 Å². The van der Waals surface area contributed by atoms with E-state index in [9.17, 15) is 0 Å². The van der Waals surface area contributed by atoms with Gasteiger partial charge in [0.2, 0.25) is 0 Å². The summed E-state index contributed by atoms with van der Waals surface area (Å²) < 4.78 is 16.7. The van der Waals surface area contributed by atoms with E-state index in [2.05, 4.69) is 43.1 Å². The molecule has 2 unspecified atom stereocenters. The fraction of sp³-hybridized carbons (Fsp3) is 0.667. The number of ether oxygens (including phenoxy) is 3. The third kappa shape index (κ3) is 8.96. The summed E-state index contributed by atoms with van der Waals surface area (Å²) in [5, 5.41) is 3.41. The Morgan fingerprint density at radius 3 is 2.89 bits per heavy atom. The second-order valence-electron chi connectivity index (χ2n) is 7.11. The van der Waals surface area contributed by atoms with E-state index in [4.69, 9.17) is 19.2 Å². The zero-order chi connectivity index (χ0) is 19.5. The van der Waals surface area contributed by atoms with Gasteiger partial charge in [0.25, 0.3) is 0 Å². The Bertz CT molecular complexity index is 586. The molecule has 160 valence electrons. The van der Waals surface area contributed by atoms with Gasteiger partial charge in [0.15, 0.2) is 5.96 Å². The van der Waals surface area contributed by atoms with Crippen molar-refractivity contribution in [3.63, 3.8) is 0 Å². The summed E-state index contributed by atoms with van der Waals surface area (Å²) >= 11 is 0. The lowest BCUT2D eigenvalue weighted by molar-refractivity contribution is 0.0536. The normalized spacial score (nSPS) is 17.9. The van der Waals surface area contributed by atoms with Crippen molar-refractivity contribution in [2.45, 2.75) is 33.3 Å². The quantitative estimate of drug-likeness (QED) is 0.229. The van der Waals surface area contributed by atoms with Crippen molar-refractivity contribution in [3.8, 4) is 5.75 Å². The molecule has 0 saturated carbocycles. The molecule has 1 aliphatic rings. The molecule has 0 radical (unpaired) electrons. The highest BCUT2D eigenvalue weighted by atomic mass is 127. The lowest BCUT2D eigenvalue weighted by atomic mass is 10.1. The first kappa shape index (κ1) is 25.0. The van der Waals surface area contributed by atoms with E-state index in [1.54, 1.807) is 7.11 Å². The van der Waals surface area contributed by atoms with Crippen molar-refractivity contribution in [3.05, 3.63) is 29.8 Å². The zero-order valence-corrected chi connectivity index (χ0v) is 20.0. The molecule has 0 spiro atoms. The number of halogens is 1. The number of hydrogen-bond acceptors (Lipinski definition) is 4. The molecule has 1 fully saturated rings. The number of aliphatic imine (C=N–C) groups is 1. The maximum atomic E-state index is 6.00. The average molecular weight is 505 g/mol. The molecular weight excluding hydrogens is 469 g/mol. The van der Waals surface area contributed by atoms with E-state index >= 15 is 0 Å². The SMILES string of the molecule is CCNC(=NCC(C)Oc1cccc(C)c1)N1CCC(COCCOC)C1.I. The van der Waals surface area contributed by atoms with Crippen molar-refractivity contribution < 1.29 is 14.2 Å². The Morgan fingerprint density at radius 1 is 1.36 bits per heavy atom. The smallest absolute Gasteiger partial charge is 0.194 e. The minimum absolute atomic E-state index is 0. The summed E-state index contributed by atoms with van der Waals surface area (Å²) in [5.41, 5.74) is 1.20. The van der Waals surface area contributed by atoms with E-state index in [-0.39, 0.29) is 30.1 Å². The third-order valence-corrected chi connectivity index (χ3v) is 4.53. The van der Waals surface area contributed by atoms with Crippen molar-refractivity contribution in [2.75, 3.05) is 53.1 Å². The van der Waals surface area contributed by atoms with Gasteiger partial charge in [0, 0.05) is 32.7 Å². The van der Waals surface area contributed by atoms with E-state index in [0.717, 1.165) is 44.4 Å². The summed E-state index contributed by atoms with van der Waals surface area (Å²) in [7, 11) is 1.70. The lowest BCUT2D eigenvalue weighted by Gasteiger charge is -2.22. The maximum absolute atomic E-state index is 6.00. The highest BCUT2D eigenvalue weighted by Crippen LogP contribution is 2.17. The standard InChI is InChI=1S/C21H35N3O3.HI/c1-5-22-21(24-10-9-19(15-24)16-26-12-11-25-4)23-14-18(3)27-20-8-6-7-17(2)13-20;/h6-8,13,18-19H,5,9-12,14-16H2,1-4H3,(H,22,23);1H. The molecule has 1 aliphatic heterocycles. The molecule has 28 heavy (non-hydrogen) atoms. The number of aryl methyl sites for hydroxylation is 1. The Balaban J connectivity index is 0.00000392. The minimum atomic E-state index is 0. The van der Waals surface area contributed by atoms with E-state index < -0.39 is 0 Å². The largest absolute Gasteiger partial charge is 0.489 e. The number of hydrogen-bond donors (Lipinski definition) is 1. The van der Waals surface area contributed by atoms with Crippen LogP contribution in [0.1, 0.15) is 25.8 Å². The van der Waals surface area contributed by atoms with E-state index in [1.165, 1.54) is 5.56 Å². The monoisotopic (exact) mass is 505 g/mol. The number of guanidine groups is 1. The Morgan fingerprint density at radius 2 is 2.18 bits per heavy atom. The molecule has 2 atom stereocenters. The molecule has 0 bridgehead atoms. The van der Waals surface area contributed by atoms with Gasteiger partial charge in [0.1, 0.15) is 11.9 Å². The van der Waals surface area contributed by atoms with Gasteiger partial charge in [-0.25, -0.2) is 4.99 Å². The Kier molecular flexibility index (Phi) is 12.5. The fourth-order valence-electron chi connectivity index (χ4n) is 3.15. The van der Waals surface area contributed by atoms with Crippen LogP contribution in [0.5, 0.6) is 5.75 Å². The molecule has 0 amide bonds. The molecule has 2 rings (SSSR count). The summed E-state index contributed by atoms with van der Waals surface area (Å²) in [6.45, 7) is 11.8. The van der Waals surface area contributed by atoms with Crippen LogP contribution in [-0.4, -0.2) is 70.1 Å². The summed E-state index contributed by atoms with van der Waals surface area (Å²) in [4.78, 5) is 7.13. The van der Waals surface area contributed by atoms with Gasteiger partial charge in [0.05, 0.1) is 26.4 Å². The second kappa shape index (κ2) is 14.0. The van der Waals surface area contributed by atoms with Gasteiger partial charge in [-0.15, -0.1) is 24.0 Å². The average Bonchev–Trinajstić information content (AvgIpc) is 3.11. The molecule has 1 saturated heterocycles. The highest BCUT2D eigenvalue weighted by molar-refractivity contribution is 14.0. The predicted octanol–water partition coefficient (Wildman–Crippen LogP) is 3.33. The minimum Gasteiger partial charge on any atom is -0.489 e. The summed E-state index contributed by atoms with van der Waals surface area (Å²) in [5.74, 6) is 2.42. The zero-order valence-electron chi connectivity index (χ0n) is 17.6. The fourth-order valence-corrected chi connectivity index (χ4v) is 3.15. The van der Waals surface area contributed by atoms with Crippen LogP contribution in [0, 0.1) is 12.8 Å². The van der Waals surface area contributed by atoms with Crippen molar-refractivity contribution >= 4 is 29.9 Å². The van der Waals surface area contributed by atoms with Crippen LogP contribution in [0.4, 0.5) is 0 Å².